The Morgan fingerprint density at radius 2 is 1.77 bits per heavy atom. The Morgan fingerprint density at radius 1 is 1.08 bits per heavy atom. The average Bonchev–Trinajstić information content (AvgIpc) is 2.62. The molecule has 0 bridgehead atoms. The SMILES string of the molecule is CCN1CCCC[C@H]1C(=O)NC1CCN(Cc2cc(F)cc(F)c2)CC1. The molecule has 6 heteroatoms. The first-order chi connectivity index (χ1) is 12.5. The van der Waals surface area contributed by atoms with Gasteiger partial charge in [-0.2, -0.15) is 0 Å². The highest BCUT2D eigenvalue weighted by molar-refractivity contribution is 5.82. The summed E-state index contributed by atoms with van der Waals surface area (Å²) < 4.78 is 26.6. The zero-order chi connectivity index (χ0) is 18.5. The molecule has 1 N–H and O–H groups in total. The molecule has 26 heavy (non-hydrogen) atoms. The maximum atomic E-state index is 13.3. The molecule has 0 aromatic heterocycles. The first kappa shape index (κ1) is 19.2. The normalized spacial score (nSPS) is 23.1. The monoisotopic (exact) mass is 365 g/mol. The molecule has 2 fully saturated rings. The number of carbonyl (C=O) groups excluding carboxylic acids is 1. The van der Waals surface area contributed by atoms with Crippen LogP contribution >= 0.6 is 0 Å². The molecule has 0 spiro atoms. The van der Waals surface area contributed by atoms with Crippen molar-refractivity contribution >= 4 is 5.91 Å². The Hall–Kier alpha value is -1.53. The van der Waals surface area contributed by atoms with Gasteiger partial charge in [0.25, 0.3) is 0 Å². The molecule has 2 heterocycles. The van der Waals surface area contributed by atoms with Gasteiger partial charge in [-0.25, -0.2) is 8.78 Å². The molecule has 2 saturated heterocycles. The summed E-state index contributed by atoms with van der Waals surface area (Å²) in [5.41, 5.74) is 0.658. The van der Waals surface area contributed by atoms with Crippen LogP contribution < -0.4 is 5.32 Å². The van der Waals surface area contributed by atoms with Gasteiger partial charge < -0.3 is 5.32 Å². The molecule has 4 nitrogen and oxygen atoms in total. The van der Waals surface area contributed by atoms with E-state index in [9.17, 15) is 13.6 Å². The number of piperidine rings is 2. The summed E-state index contributed by atoms with van der Waals surface area (Å²) in [5.74, 6) is -0.901. The summed E-state index contributed by atoms with van der Waals surface area (Å²) in [4.78, 5) is 17.1. The lowest BCUT2D eigenvalue weighted by atomic mass is 9.99. The van der Waals surface area contributed by atoms with Gasteiger partial charge in [-0.05, 0) is 56.5 Å². The second-order valence-electron chi connectivity index (χ2n) is 7.48. The van der Waals surface area contributed by atoms with Crippen LogP contribution in [-0.4, -0.2) is 54.0 Å². The van der Waals surface area contributed by atoms with Crippen molar-refractivity contribution in [3.8, 4) is 0 Å². The van der Waals surface area contributed by atoms with Crippen LogP contribution in [0.3, 0.4) is 0 Å². The van der Waals surface area contributed by atoms with Crippen LogP contribution in [0.1, 0.15) is 44.6 Å². The number of nitrogens with zero attached hydrogens (tertiary/aromatic N) is 2. The van der Waals surface area contributed by atoms with E-state index in [1.165, 1.54) is 18.6 Å². The van der Waals surface area contributed by atoms with Gasteiger partial charge >= 0.3 is 0 Å². The Bertz CT molecular complexity index is 597. The van der Waals surface area contributed by atoms with Crippen molar-refractivity contribution in [2.45, 2.75) is 57.7 Å². The maximum Gasteiger partial charge on any atom is 0.237 e. The molecule has 0 saturated carbocycles. The van der Waals surface area contributed by atoms with Gasteiger partial charge in [-0.3, -0.25) is 14.6 Å². The number of likely N-dealkylation sites (tertiary alicyclic amines) is 2. The number of halogens is 2. The van der Waals surface area contributed by atoms with Crippen molar-refractivity contribution in [1.82, 2.24) is 15.1 Å². The first-order valence-electron chi connectivity index (χ1n) is 9.77. The number of carbonyl (C=O) groups is 1. The van der Waals surface area contributed by atoms with Crippen molar-refractivity contribution in [3.05, 3.63) is 35.4 Å². The highest BCUT2D eigenvalue weighted by Gasteiger charge is 2.29. The number of rotatable bonds is 5. The van der Waals surface area contributed by atoms with Crippen molar-refractivity contribution in [2.24, 2.45) is 0 Å². The quantitative estimate of drug-likeness (QED) is 0.872. The van der Waals surface area contributed by atoms with Crippen LogP contribution in [0.4, 0.5) is 8.78 Å². The Labute approximate surface area is 154 Å². The van der Waals surface area contributed by atoms with E-state index in [4.69, 9.17) is 0 Å². The van der Waals surface area contributed by atoms with E-state index in [1.54, 1.807) is 0 Å². The third-order valence-corrected chi connectivity index (χ3v) is 5.58. The van der Waals surface area contributed by atoms with Crippen LogP contribution in [0, 0.1) is 11.6 Å². The van der Waals surface area contributed by atoms with Crippen LogP contribution in [0.5, 0.6) is 0 Å². The molecular formula is C20H29F2N3O. The summed E-state index contributed by atoms with van der Waals surface area (Å²) >= 11 is 0. The lowest BCUT2D eigenvalue weighted by molar-refractivity contribution is -0.128. The fraction of sp³-hybridized carbons (Fsp3) is 0.650. The minimum atomic E-state index is -0.532. The zero-order valence-electron chi connectivity index (χ0n) is 15.5. The van der Waals surface area contributed by atoms with E-state index < -0.39 is 11.6 Å². The van der Waals surface area contributed by atoms with Crippen molar-refractivity contribution in [1.29, 1.82) is 0 Å². The van der Waals surface area contributed by atoms with Crippen molar-refractivity contribution in [3.63, 3.8) is 0 Å². The molecule has 1 aromatic carbocycles. The largest absolute Gasteiger partial charge is 0.352 e. The molecule has 2 aliphatic rings. The number of nitrogens with one attached hydrogen (secondary N) is 1. The Kier molecular flexibility index (Phi) is 6.59. The van der Waals surface area contributed by atoms with Crippen molar-refractivity contribution < 1.29 is 13.6 Å². The molecule has 2 aliphatic heterocycles. The molecule has 0 unspecified atom stereocenters. The summed E-state index contributed by atoms with van der Waals surface area (Å²) in [7, 11) is 0. The maximum absolute atomic E-state index is 13.3. The lowest BCUT2D eigenvalue weighted by Gasteiger charge is -2.37. The molecule has 1 atom stereocenters. The standard InChI is InChI=1S/C20H29F2N3O/c1-2-25-8-4-3-5-19(25)20(26)23-18-6-9-24(10-7-18)14-15-11-16(21)13-17(22)12-15/h11-13,18-19H,2-10,14H2,1H3,(H,23,26)/t19-/m0/s1. The zero-order valence-corrected chi connectivity index (χ0v) is 15.5. The fourth-order valence-electron chi connectivity index (χ4n) is 4.16. The summed E-state index contributed by atoms with van der Waals surface area (Å²) in [6.07, 6.45) is 5.00. The summed E-state index contributed by atoms with van der Waals surface area (Å²) in [5, 5.41) is 3.23. The van der Waals surface area contributed by atoms with Crippen LogP contribution in [0.2, 0.25) is 0 Å². The molecule has 3 rings (SSSR count). The number of hydrogen-bond acceptors (Lipinski definition) is 3. The van der Waals surface area contributed by atoms with Gasteiger partial charge in [0.15, 0.2) is 0 Å². The van der Waals surface area contributed by atoms with Gasteiger partial charge in [0.05, 0.1) is 6.04 Å². The first-order valence-corrected chi connectivity index (χ1v) is 9.77. The molecule has 1 aromatic rings. The molecule has 1 amide bonds. The molecular weight excluding hydrogens is 336 g/mol. The summed E-state index contributed by atoms with van der Waals surface area (Å²) in [6.45, 7) is 6.23. The van der Waals surface area contributed by atoms with Crippen LogP contribution in [0.15, 0.2) is 18.2 Å². The van der Waals surface area contributed by atoms with Gasteiger partial charge in [-0.1, -0.05) is 13.3 Å². The topological polar surface area (TPSA) is 35.6 Å². The van der Waals surface area contributed by atoms with E-state index in [1.807, 2.05) is 0 Å². The predicted molar refractivity (Wildman–Crippen MR) is 97.7 cm³/mol. The minimum Gasteiger partial charge on any atom is -0.352 e. The van der Waals surface area contributed by atoms with E-state index in [0.717, 1.165) is 57.9 Å². The smallest absolute Gasteiger partial charge is 0.237 e. The van der Waals surface area contributed by atoms with Gasteiger partial charge in [0, 0.05) is 31.7 Å². The van der Waals surface area contributed by atoms with Crippen LogP contribution in [-0.2, 0) is 11.3 Å². The molecule has 144 valence electrons. The Morgan fingerprint density at radius 3 is 2.42 bits per heavy atom. The van der Waals surface area contributed by atoms with E-state index >= 15 is 0 Å². The lowest BCUT2D eigenvalue weighted by Crippen LogP contribution is -2.53. The third kappa shape index (κ3) is 5.01. The molecule has 0 radical (unpaired) electrons. The number of amides is 1. The Balaban J connectivity index is 1.46. The van der Waals surface area contributed by atoms with Crippen LogP contribution in [0.25, 0.3) is 0 Å². The van der Waals surface area contributed by atoms with Gasteiger partial charge in [-0.15, -0.1) is 0 Å². The average molecular weight is 365 g/mol. The van der Waals surface area contributed by atoms with E-state index in [2.05, 4.69) is 22.0 Å². The van der Waals surface area contributed by atoms with E-state index in [-0.39, 0.29) is 18.0 Å². The number of likely N-dealkylation sites (N-methyl/N-ethyl adjacent to an activating group) is 1. The number of benzene rings is 1. The van der Waals surface area contributed by atoms with Gasteiger partial charge in [0.1, 0.15) is 11.6 Å². The van der Waals surface area contributed by atoms with Gasteiger partial charge in [0.2, 0.25) is 5.91 Å². The second kappa shape index (κ2) is 8.91. The van der Waals surface area contributed by atoms with E-state index in [0.29, 0.717) is 12.1 Å². The summed E-state index contributed by atoms with van der Waals surface area (Å²) in [6, 6.07) is 3.89. The third-order valence-electron chi connectivity index (χ3n) is 5.58. The highest BCUT2D eigenvalue weighted by Crippen LogP contribution is 2.19. The minimum absolute atomic E-state index is 0.0158. The molecule has 0 aliphatic carbocycles. The fourth-order valence-corrected chi connectivity index (χ4v) is 4.16. The van der Waals surface area contributed by atoms with Crippen molar-refractivity contribution in [2.75, 3.05) is 26.2 Å². The number of hydrogen-bond donors (Lipinski definition) is 1. The second-order valence-corrected chi connectivity index (χ2v) is 7.48. The highest BCUT2D eigenvalue weighted by atomic mass is 19.1. The predicted octanol–water partition coefficient (Wildman–Crippen LogP) is 2.92.